The Morgan fingerprint density at radius 1 is 1.33 bits per heavy atom. The van der Waals surface area contributed by atoms with Gasteiger partial charge in [-0.2, -0.15) is 0 Å². The van der Waals surface area contributed by atoms with Crippen LogP contribution in [0.2, 0.25) is 0 Å². The number of nitrogens with one attached hydrogen (secondary N) is 1. The monoisotopic (exact) mass is 246 g/mol. The van der Waals surface area contributed by atoms with Crippen molar-refractivity contribution >= 4 is 10.9 Å². The Morgan fingerprint density at radius 2 is 2.11 bits per heavy atom. The Labute approximate surface area is 108 Å². The van der Waals surface area contributed by atoms with Gasteiger partial charge in [0.15, 0.2) is 0 Å². The SMILES string of the molecule is CNCCCc1cn(C(C)C)c2c(O)cccc12. The van der Waals surface area contributed by atoms with Gasteiger partial charge in [0.2, 0.25) is 0 Å². The zero-order chi connectivity index (χ0) is 13.1. The van der Waals surface area contributed by atoms with Crippen molar-refractivity contribution in [1.29, 1.82) is 0 Å². The molecule has 0 aliphatic rings. The topological polar surface area (TPSA) is 37.2 Å². The molecular formula is C15H22N2O. The van der Waals surface area contributed by atoms with E-state index in [9.17, 15) is 5.11 Å². The standard InChI is InChI=1S/C15H22N2O/c1-11(2)17-10-12(6-5-9-16-3)13-7-4-8-14(18)15(13)17/h4,7-8,10-11,16,18H,5-6,9H2,1-3H3. The number of hydrogen-bond acceptors (Lipinski definition) is 2. The molecule has 0 fully saturated rings. The number of benzene rings is 1. The van der Waals surface area contributed by atoms with E-state index in [0.717, 1.165) is 24.9 Å². The molecule has 0 spiro atoms. The molecular weight excluding hydrogens is 224 g/mol. The van der Waals surface area contributed by atoms with Crippen LogP contribution in [-0.4, -0.2) is 23.3 Å². The largest absolute Gasteiger partial charge is 0.506 e. The number of phenolic OH excluding ortho intramolecular Hbond substituents is 1. The Morgan fingerprint density at radius 3 is 2.78 bits per heavy atom. The van der Waals surface area contributed by atoms with E-state index in [1.165, 1.54) is 10.9 Å². The number of aromatic hydroxyl groups is 1. The van der Waals surface area contributed by atoms with E-state index in [2.05, 4.69) is 36.0 Å². The second-order valence-corrected chi connectivity index (χ2v) is 5.04. The van der Waals surface area contributed by atoms with Gasteiger partial charge in [-0.25, -0.2) is 0 Å². The third-order valence-electron chi connectivity index (χ3n) is 3.34. The van der Waals surface area contributed by atoms with Crippen molar-refractivity contribution < 1.29 is 5.11 Å². The number of para-hydroxylation sites is 1. The second-order valence-electron chi connectivity index (χ2n) is 5.04. The molecule has 18 heavy (non-hydrogen) atoms. The molecule has 0 radical (unpaired) electrons. The minimum atomic E-state index is 0.360. The number of fused-ring (bicyclic) bond motifs is 1. The van der Waals surface area contributed by atoms with Gasteiger partial charge in [-0.1, -0.05) is 12.1 Å². The van der Waals surface area contributed by atoms with E-state index in [0.29, 0.717) is 11.8 Å². The smallest absolute Gasteiger partial charge is 0.139 e. The lowest BCUT2D eigenvalue weighted by Gasteiger charge is -2.09. The van der Waals surface area contributed by atoms with Gasteiger partial charge in [0, 0.05) is 17.6 Å². The molecule has 1 aromatic carbocycles. The lowest BCUT2D eigenvalue weighted by Crippen LogP contribution is -2.08. The van der Waals surface area contributed by atoms with E-state index >= 15 is 0 Å². The van der Waals surface area contributed by atoms with E-state index in [-0.39, 0.29) is 0 Å². The first-order valence-corrected chi connectivity index (χ1v) is 6.61. The zero-order valence-corrected chi connectivity index (χ0v) is 11.4. The maximum absolute atomic E-state index is 10.1. The van der Waals surface area contributed by atoms with Crippen molar-refractivity contribution in [1.82, 2.24) is 9.88 Å². The number of hydrogen-bond donors (Lipinski definition) is 2. The van der Waals surface area contributed by atoms with Gasteiger partial charge in [-0.15, -0.1) is 0 Å². The summed E-state index contributed by atoms with van der Waals surface area (Å²) in [5.74, 6) is 0.376. The first-order valence-electron chi connectivity index (χ1n) is 6.61. The van der Waals surface area contributed by atoms with Crippen LogP contribution in [0.1, 0.15) is 31.9 Å². The van der Waals surface area contributed by atoms with E-state index in [4.69, 9.17) is 0 Å². The van der Waals surface area contributed by atoms with E-state index < -0.39 is 0 Å². The summed E-state index contributed by atoms with van der Waals surface area (Å²) >= 11 is 0. The number of nitrogens with zero attached hydrogens (tertiary/aromatic N) is 1. The zero-order valence-electron chi connectivity index (χ0n) is 11.4. The fraction of sp³-hybridized carbons (Fsp3) is 0.467. The average molecular weight is 246 g/mol. The molecule has 0 unspecified atom stereocenters. The van der Waals surface area contributed by atoms with Crippen LogP contribution in [0.5, 0.6) is 5.75 Å². The van der Waals surface area contributed by atoms with Crippen LogP contribution < -0.4 is 5.32 Å². The van der Waals surface area contributed by atoms with E-state index in [1.54, 1.807) is 6.07 Å². The highest BCUT2D eigenvalue weighted by Gasteiger charge is 2.13. The fourth-order valence-electron chi connectivity index (χ4n) is 2.43. The molecule has 0 atom stereocenters. The van der Waals surface area contributed by atoms with Crippen LogP contribution in [0.25, 0.3) is 10.9 Å². The highest BCUT2D eigenvalue weighted by atomic mass is 16.3. The van der Waals surface area contributed by atoms with Gasteiger partial charge in [-0.3, -0.25) is 0 Å². The lowest BCUT2D eigenvalue weighted by atomic mass is 10.1. The first-order chi connectivity index (χ1) is 8.65. The lowest BCUT2D eigenvalue weighted by molar-refractivity contribution is 0.475. The summed E-state index contributed by atoms with van der Waals surface area (Å²) in [5.41, 5.74) is 2.29. The van der Waals surface area contributed by atoms with Crippen LogP contribution >= 0.6 is 0 Å². The van der Waals surface area contributed by atoms with Crippen LogP contribution in [-0.2, 0) is 6.42 Å². The van der Waals surface area contributed by atoms with Crippen molar-refractivity contribution in [2.45, 2.75) is 32.7 Å². The van der Waals surface area contributed by atoms with Crippen molar-refractivity contribution in [3.8, 4) is 5.75 Å². The first kappa shape index (κ1) is 13.0. The van der Waals surface area contributed by atoms with Crippen molar-refractivity contribution in [2.24, 2.45) is 0 Å². The predicted molar refractivity (Wildman–Crippen MR) is 76.2 cm³/mol. The summed E-state index contributed by atoms with van der Waals surface area (Å²) in [6.45, 7) is 5.31. The molecule has 0 bridgehead atoms. The molecule has 3 heteroatoms. The highest BCUT2D eigenvalue weighted by molar-refractivity contribution is 5.89. The number of aryl methyl sites for hydroxylation is 1. The van der Waals surface area contributed by atoms with Crippen molar-refractivity contribution in [2.75, 3.05) is 13.6 Å². The maximum atomic E-state index is 10.1. The van der Waals surface area contributed by atoms with Gasteiger partial charge < -0.3 is 15.0 Å². The quantitative estimate of drug-likeness (QED) is 0.796. The normalized spacial score (nSPS) is 11.6. The molecule has 3 nitrogen and oxygen atoms in total. The summed E-state index contributed by atoms with van der Waals surface area (Å²) in [7, 11) is 1.98. The van der Waals surface area contributed by atoms with Gasteiger partial charge in [0.1, 0.15) is 5.75 Å². The third-order valence-corrected chi connectivity index (χ3v) is 3.34. The van der Waals surface area contributed by atoms with Gasteiger partial charge >= 0.3 is 0 Å². The summed E-state index contributed by atoms with van der Waals surface area (Å²) in [5, 5.41) is 14.4. The predicted octanol–water partition coefficient (Wildman–Crippen LogP) is 3.08. The molecule has 2 aromatic rings. The fourth-order valence-corrected chi connectivity index (χ4v) is 2.43. The molecule has 0 amide bonds. The summed E-state index contributed by atoms with van der Waals surface area (Å²) in [6.07, 6.45) is 4.34. The minimum Gasteiger partial charge on any atom is -0.506 e. The Hall–Kier alpha value is -1.48. The summed E-state index contributed by atoms with van der Waals surface area (Å²) < 4.78 is 2.17. The number of phenols is 1. The summed E-state index contributed by atoms with van der Waals surface area (Å²) in [4.78, 5) is 0. The average Bonchev–Trinajstić information content (AvgIpc) is 2.70. The highest BCUT2D eigenvalue weighted by Crippen LogP contribution is 2.31. The second kappa shape index (κ2) is 5.44. The number of aromatic nitrogens is 1. The van der Waals surface area contributed by atoms with Gasteiger partial charge in [-0.05, 0) is 51.9 Å². The molecule has 2 N–H and O–H groups in total. The minimum absolute atomic E-state index is 0.360. The van der Waals surface area contributed by atoms with Crippen molar-refractivity contribution in [3.63, 3.8) is 0 Å². The maximum Gasteiger partial charge on any atom is 0.139 e. The Bertz CT molecular complexity index is 529. The molecule has 0 aliphatic carbocycles. The van der Waals surface area contributed by atoms with E-state index in [1.807, 2.05) is 13.1 Å². The van der Waals surface area contributed by atoms with Crippen LogP contribution in [0.3, 0.4) is 0 Å². The molecule has 1 aromatic heterocycles. The summed E-state index contributed by atoms with van der Waals surface area (Å²) in [6, 6.07) is 6.14. The van der Waals surface area contributed by atoms with Gasteiger partial charge in [0.05, 0.1) is 5.52 Å². The third kappa shape index (κ3) is 2.36. The molecule has 0 saturated carbocycles. The molecule has 2 rings (SSSR count). The van der Waals surface area contributed by atoms with Gasteiger partial charge in [0.25, 0.3) is 0 Å². The van der Waals surface area contributed by atoms with Crippen molar-refractivity contribution in [3.05, 3.63) is 30.0 Å². The molecule has 0 saturated heterocycles. The Balaban J connectivity index is 2.44. The van der Waals surface area contributed by atoms with Crippen LogP contribution in [0.4, 0.5) is 0 Å². The molecule has 1 heterocycles. The number of rotatable bonds is 5. The Kier molecular flexibility index (Phi) is 3.92. The molecule has 0 aliphatic heterocycles. The van der Waals surface area contributed by atoms with Crippen LogP contribution in [0.15, 0.2) is 24.4 Å². The van der Waals surface area contributed by atoms with Crippen LogP contribution in [0, 0.1) is 0 Å². The molecule has 98 valence electrons.